The summed E-state index contributed by atoms with van der Waals surface area (Å²) in [5.41, 5.74) is -0.671. The predicted octanol–water partition coefficient (Wildman–Crippen LogP) is 1.85. The number of amides is 1. The van der Waals surface area contributed by atoms with Gasteiger partial charge in [0.2, 0.25) is 5.91 Å². The van der Waals surface area contributed by atoms with Crippen molar-refractivity contribution in [3.8, 4) is 0 Å². The van der Waals surface area contributed by atoms with Crippen LogP contribution in [-0.4, -0.2) is 31.6 Å². The summed E-state index contributed by atoms with van der Waals surface area (Å²) in [6.07, 6.45) is 6.24. The number of rotatable bonds is 5. The maximum absolute atomic E-state index is 12.1. The maximum Gasteiger partial charge on any atom is 0.468 e. The molecule has 0 bridgehead atoms. The quantitative estimate of drug-likeness (QED) is 0.499. The van der Waals surface area contributed by atoms with Gasteiger partial charge in [-0.05, 0) is 24.7 Å². The molecule has 1 N–H and O–H groups in total. The molecule has 2 rings (SSSR count). The van der Waals surface area contributed by atoms with Crippen LogP contribution in [0, 0.1) is 27.2 Å². The summed E-state index contributed by atoms with van der Waals surface area (Å²) < 4.78 is 1.02. The first-order valence-electron chi connectivity index (χ1n) is 7.55. The van der Waals surface area contributed by atoms with Crippen LogP contribution < -0.4 is 5.32 Å². The number of carbonyl (C=O) groups excluding carboxylic acids is 1. The van der Waals surface area contributed by atoms with Crippen molar-refractivity contribution in [1.82, 2.24) is 15.1 Å². The molecule has 0 atom stereocenters. The second-order valence-corrected chi connectivity index (χ2v) is 5.69. The molecule has 1 heterocycles. The van der Waals surface area contributed by atoms with E-state index < -0.39 is 21.4 Å². The maximum atomic E-state index is 12.1. The minimum absolute atomic E-state index is 0.00211. The lowest BCUT2D eigenvalue weighted by Crippen LogP contribution is -2.37. The fraction of sp³-hybridized carbons (Fsp3) is 0.692. The van der Waals surface area contributed by atoms with E-state index in [1.165, 1.54) is 6.92 Å². The highest BCUT2D eigenvalue weighted by Crippen LogP contribution is 2.29. The van der Waals surface area contributed by atoms with Crippen LogP contribution in [0.3, 0.4) is 0 Å². The molecule has 1 aliphatic rings. The first-order chi connectivity index (χ1) is 10.9. The lowest BCUT2D eigenvalue weighted by Gasteiger charge is -2.15. The topological polar surface area (TPSA) is 133 Å². The van der Waals surface area contributed by atoms with Gasteiger partial charge >= 0.3 is 11.5 Å². The molecule has 1 saturated carbocycles. The van der Waals surface area contributed by atoms with E-state index in [2.05, 4.69) is 10.4 Å². The largest absolute Gasteiger partial charge is 0.468 e. The van der Waals surface area contributed by atoms with Crippen LogP contribution in [-0.2, 0) is 11.3 Å². The Balaban J connectivity index is 2.10. The number of carbonyl (C=O) groups is 1. The van der Waals surface area contributed by atoms with Crippen LogP contribution >= 0.6 is 0 Å². The van der Waals surface area contributed by atoms with Gasteiger partial charge in [0.1, 0.15) is 12.2 Å². The van der Waals surface area contributed by atoms with Crippen molar-refractivity contribution in [2.45, 2.75) is 58.0 Å². The Bertz CT molecular complexity index is 619. The smallest absolute Gasteiger partial charge is 0.358 e. The zero-order valence-corrected chi connectivity index (χ0v) is 12.9. The van der Waals surface area contributed by atoms with Crippen LogP contribution in [0.25, 0.3) is 0 Å². The molecule has 0 unspecified atom stereocenters. The summed E-state index contributed by atoms with van der Waals surface area (Å²) >= 11 is 0. The number of nitro groups is 2. The van der Waals surface area contributed by atoms with Crippen molar-refractivity contribution < 1.29 is 14.6 Å². The van der Waals surface area contributed by atoms with E-state index in [4.69, 9.17) is 0 Å². The summed E-state index contributed by atoms with van der Waals surface area (Å²) in [4.78, 5) is 32.1. The highest BCUT2D eigenvalue weighted by Gasteiger charge is 2.35. The summed E-state index contributed by atoms with van der Waals surface area (Å²) in [6, 6.07) is 0.0887. The van der Waals surface area contributed by atoms with Crippen LogP contribution in [0.2, 0.25) is 0 Å². The van der Waals surface area contributed by atoms with Gasteiger partial charge in [0.25, 0.3) is 0 Å². The number of nitrogens with zero attached hydrogens (tertiary/aromatic N) is 4. The highest BCUT2D eigenvalue weighted by atomic mass is 16.6. The number of aromatic nitrogens is 2. The third kappa shape index (κ3) is 4.02. The van der Waals surface area contributed by atoms with E-state index in [1.54, 1.807) is 0 Å². The zero-order chi connectivity index (χ0) is 17.0. The third-order valence-corrected chi connectivity index (χ3v) is 4.03. The Morgan fingerprint density at radius 3 is 2.30 bits per heavy atom. The molecule has 0 aromatic carbocycles. The van der Waals surface area contributed by atoms with Gasteiger partial charge in [0.15, 0.2) is 0 Å². The summed E-state index contributed by atoms with van der Waals surface area (Å²) in [5.74, 6) is -1.18. The number of hydrogen-bond donors (Lipinski definition) is 1. The molecule has 1 aromatic heterocycles. The molecule has 126 valence electrons. The minimum atomic E-state index is -0.912. The molecule has 10 nitrogen and oxygen atoms in total. The van der Waals surface area contributed by atoms with Crippen LogP contribution in [0.4, 0.5) is 11.5 Å². The van der Waals surface area contributed by atoms with Crippen LogP contribution in [0.1, 0.15) is 44.2 Å². The molecule has 1 aliphatic carbocycles. The zero-order valence-electron chi connectivity index (χ0n) is 12.9. The van der Waals surface area contributed by atoms with Gasteiger partial charge in [-0.1, -0.05) is 25.7 Å². The van der Waals surface area contributed by atoms with E-state index in [-0.39, 0.29) is 24.2 Å². The molecule has 1 fully saturated rings. The SMILES string of the molecule is Cc1c([N+](=O)[O-])c([N+](=O)[O-])nn1CC(=O)NC1CCCCCC1. The Hall–Kier alpha value is -2.52. The van der Waals surface area contributed by atoms with Crippen molar-refractivity contribution in [1.29, 1.82) is 0 Å². The van der Waals surface area contributed by atoms with E-state index in [9.17, 15) is 25.0 Å². The van der Waals surface area contributed by atoms with E-state index in [0.717, 1.165) is 43.2 Å². The van der Waals surface area contributed by atoms with Gasteiger partial charge in [0.05, 0.1) is 10.0 Å². The summed E-state index contributed by atoms with van der Waals surface area (Å²) in [6.45, 7) is 1.08. The Morgan fingerprint density at radius 1 is 1.22 bits per heavy atom. The first kappa shape index (κ1) is 16.8. The normalized spacial score (nSPS) is 15.9. The van der Waals surface area contributed by atoms with Crippen molar-refractivity contribution in [3.63, 3.8) is 0 Å². The molecule has 1 amide bonds. The lowest BCUT2D eigenvalue weighted by atomic mass is 10.1. The third-order valence-electron chi connectivity index (χ3n) is 4.03. The molecular weight excluding hydrogens is 306 g/mol. The number of nitrogens with one attached hydrogen (secondary N) is 1. The van der Waals surface area contributed by atoms with Crippen molar-refractivity contribution >= 4 is 17.4 Å². The van der Waals surface area contributed by atoms with Crippen molar-refractivity contribution in [2.24, 2.45) is 0 Å². The van der Waals surface area contributed by atoms with Crippen LogP contribution in [0.5, 0.6) is 0 Å². The van der Waals surface area contributed by atoms with Gasteiger partial charge in [0, 0.05) is 6.04 Å². The fourth-order valence-corrected chi connectivity index (χ4v) is 2.84. The Kier molecular flexibility index (Phi) is 5.24. The average Bonchev–Trinajstić information content (AvgIpc) is 2.63. The molecular formula is C13H19N5O5. The van der Waals surface area contributed by atoms with Gasteiger partial charge in [-0.3, -0.25) is 14.9 Å². The first-order valence-corrected chi connectivity index (χ1v) is 7.55. The van der Waals surface area contributed by atoms with Gasteiger partial charge in [-0.25, -0.2) is 0 Å². The van der Waals surface area contributed by atoms with E-state index in [1.807, 2.05) is 0 Å². The second kappa shape index (κ2) is 7.16. The molecule has 0 spiro atoms. The molecule has 23 heavy (non-hydrogen) atoms. The molecule has 10 heteroatoms. The molecule has 0 saturated heterocycles. The summed E-state index contributed by atoms with van der Waals surface area (Å²) in [7, 11) is 0. The Morgan fingerprint density at radius 2 is 1.83 bits per heavy atom. The highest BCUT2D eigenvalue weighted by molar-refractivity contribution is 5.76. The second-order valence-electron chi connectivity index (χ2n) is 5.69. The van der Waals surface area contributed by atoms with E-state index in [0.29, 0.717) is 0 Å². The molecule has 1 aromatic rings. The molecule has 0 aliphatic heterocycles. The minimum Gasteiger partial charge on any atom is -0.358 e. The van der Waals surface area contributed by atoms with Crippen LogP contribution in [0.15, 0.2) is 0 Å². The monoisotopic (exact) mass is 325 g/mol. The van der Waals surface area contributed by atoms with Crippen molar-refractivity contribution in [2.75, 3.05) is 0 Å². The van der Waals surface area contributed by atoms with Crippen molar-refractivity contribution in [3.05, 3.63) is 25.9 Å². The summed E-state index contributed by atoms with van der Waals surface area (Å²) in [5, 5.41) is 28.3. The fourth-order valence-electron chi connectivity index (χ4n) is 2.84. The Labute approximate surface area is 132 Å². The predicted molar refractivity (Wildman–Crippen MR) is 79.9 cm³/mol. The number of hydrogen-bond acceptors (Lipinski definition) is 6. The standard InChI is InChI=1S/C13H19N5O5/c1-9-12(17(20)21)13(18(22)23)15-16(9)8-11(19)14-10-6-4-2-3-5-7-10/h10H,2-8H2,1H3,(H,14,19). The van der Waals surface area contributed by atoms with E-state index >= 15 is 0 Å². The van der Waals surface area contributed by atoms with Gasteiger partial charge < -0.3 is 15.4 Å². The lowest BCUT2D eigenvalue weighted by molar-refractivity contribution is -0.424. The molecule has 0 radical (unpaired) electrons. The van der Waals surface area contributed by atoms with Gasteiger partial charge in [-0.2, -0.15) is 4.68 Å². The van der Waals surface area contributed by atoms with Gasteiger partial charge in [-0.15, -0.1) is 0 Å². The average molecular weight is 325 g/mol.